The van der Waals surface area contributed by atoms with Crippen LogP contribution in [0.2, 0.25) is 0 Å². The molecule has 3 rings (SSSR count). The zero-order chi connectivity index (χ0) is 15.0. The average Bonchev–Trinajstić information content (AvgIpc) is 2.85. The van der Waals surface area contributed by atoms with Crippen molar-refractivity contribution in [3.05, 3.63) is 62.7 Å². The molecule has 6 heteroatoms. The molecular formula is C15H14BrN3O2. The number of hydrogen-bond acceptors (Lipinski definition) is 3. The summed E-state index contributed by atoms with van der Waals surface area (Å²) in [6, 6.07) is 7.50. The third-order valence-corrected chi connectivity index (χ3v) is 4.09. The molecule has 0 saturated heterocycles. The minimum atomic E-state index is -0.0622. The molecule has 0 saturated carbocycles. The molecule has 2 heterocycles. The molecule has 0 fully saturated rings. The lowest BCUT2D eigenvalue weighted by atomic mass is 10.2. The summed E-state index contributed by atoms with van der Waals surface area (Å²) in [4.78, 5) is 12.5. The molecular weight excluding hydrogens is 334 g/mol. The van der Waals surface area contributed by atoms with E-state index < -0.39 is 0 Å². The first kappa shape index (κ1) is 13.9. The Morgan fingerprint density at radius 3 is 2.86 bits per heavy atom. The van der Waals surface area contributed by atoms with Crippen molar-refractivity contribution in [1.82, 2.24) is 14.2 Å². The van der Waals surface area contributed by atoms with E-state index in [1.54, 1.807) is 34.7 Å². The number of benzene rings is 1. The van der Waals surface area contributed by atoms with E-state index in [0.717, 1.165) is 21.5 Å². The van der Waals surface area contributed by atoms with Crippen LogP contribution in [0.4, 0.5) is 0 Å². The number of hydrogen-bond donors (Lipinski definition) is 0. The standard InChI is InChI=1S/C15H14BrN3O2/c1-10-7-14-15(20)18(5-6-19(14)17-10)9-11-8-12(21-2)3-4-13(11)16/h3-8H,9H2,1-2H3. The maximum atomic E-state index is 12.5. The summed E-state index contributed by atoms with van der Waals surface area (Å²) in [5.74, 6) is 0.766. The minimum absolute atomic E-state index is 0.0622. The van der Waals surface area contributed by atoms with Gasteiger partial charge in [-0.1, -0.05) is 15.9 Å². The SMILES string of the molecule is COc1ccc(Br)c(Cn2ccn3nc(C)cc3c2=O)c1. The molecule has 0 aliphatic heterocycles. The van der Waals surface area contributed by atoms with Gasteiger partial charge in [-0.05, 0) is 36.8 Å². The van der Waals surface area contributed by atoms with Crippen molar-refractivity contribution in [1.29, 1.82) is 0 Å². The van der Waals surface area contributed by atoms with E-state index in [-0.39, 0.29) is 5.56 Å². The summed E-state index contributed by atoms with van der Waals surface area (Å²) >= 11 is 3.51. The van der Waals surface area contributed by atoms with Crippen LogP contribution >= 0.6 is 15.9 Å². The molecule has 0 spiro atoms. The van der Waals surface area contributed by atoms with Crippen molar-refractivity contribution >= 4 is 21.4 Å². The van der Waals surface area contributed by atoms with Crippen LogP contribution in [-0.2, 0) is 6.54 Å². The zero-order valence-electron chi connectivity index (χ0n) is 11.7. The van der Waals surface area contributed by atoms with Crippen LogP contribution in [0.3, 0.4) is 0 Å². The lowest BCUT2D eigenvalue weighted by molar-refractivity contribution is 0.414. The van der Waals surface area contributed by atoms with Crippen LogP contribution < -0.4 is 10.3 Å². The van der Waals surface area contributed by atoms with Gasteiger partial charge in [-0.2, -0.15) is 5.10 Å². The Kier molecular flexibility index (Phi) is 3.55. The normalized spacial score (nSPS) is 11.0. The Hall–Kier alpha value is -2.08. The van der Waals surface area contributed by atoms with E-state index in [4.69, 9.17) is 4.74 Å². The van der Waals surface area contributed by atoms with Crippen LogP contribution in [0.15, 0.2) is 45.9 Å². The second-order valence-corrected chi connectivity index (χ2v) is 5.66. The lowest BCUT2D eigenvalue weighted by Crippen LogP contribution is -2.22. The fourth-order valence-corrected chi connectivity index (χ4v) is 2.63. The van der Waals surface area contributed by atoms with E-state index in [9.17, 15) is 4.79 Å². The van der Waals surface area contributed by atoms with Crippen molar-refractivity contribution in [2.24, 2.45) is 0 Å². The third kappa shape index (κ3) is 2.58. The monoisotopic (exact) mass is 347 g/mol. The molecule has 0 N–H and O–H groups in total. The predicted molar refractivity (Wildman–Crippen MR) is 84.0 cm³/mol. The predicted octanol–water partition coefficient (Wildman–Crippen LogP) is 2.62. The number of ether oxygens (including phenoxy) is 1. The van der Waals surface area contributed by atoms with E-state index in [0.29, 0.717) is 12.1 Å². The molecule has 0 bridgehead atoms. The maximum Gasteiger partial charge on any atom is 0.276 e. The van der Waals surface area contributed by atoms with E-state index in [2.05, 4.69) is 21.0 Å². The Morgan fingerprint density at radius 2 is 2.10 bits per heavy atom. The Balaban J connectivity index is 2.06. The summed E-state index contributed by atoms with van der Waals surface area (Å²) < 4.78 is 9.44. The van der Waals surface area contributed by atoms with Gasteiger partial charge >= 0.3 is 0 Å². The topological polar surface area (TPSA) is 48.5 Å². The van der Waals surface area contributed by atoms with Crippen LogP contribution in [-0.4, -0.2) is 21.3 Å². The van der Waals surface area contributed by atoms with Gasteiger partial charge in [-0.15, -0.1) is 0 Å². The molecule has 0 aliphatic carbocycles. The smallest absolute Gasteiger partial charge is 0.276 e. The Labute approximate surface area is 129 Å². The number of fused-ring (bicyclic) bond motifs is 1. The number of aryl methyl sites for hydroxylation is 1. The highest BCUT2D eigenvalue weighted by Gasteiger charge is 2.08. The molecule has 1 aromatic carbocycles. The van der Waals surface area contributed by atoms with E-state index in [1.165, 1.54) is 0 Å². The molecule has 5 nitrogen and oxygen atoms in total. The van der Waals surface area contributed by atoms with Gasteiger partial charge in [0.25, 0.3) is 5.56 Å². The van der Waals surface area contributed by atoms with Gasteiger partial charge in [0, 0.05) is 16.9 Å². The first-order valence-corrected chi connectivity index (χ1v) is 7.25. The van der Waals surface area contributed by atoms with Crippen molar-refractivity contribution in [2.45, 2.75) is 13.5 Å². The highest BCUT2D eigenvalue weighted by atomic mass is 79.9. The van der Waals surface area contributed by atoms with Crippen LogP contribution in [0.25, 0.3) is 5.52 Å². The Bertz CT molecular complexity index is 867. The molecule has 0 amide bonds. The third-order valence-electron chi connectivity index (χ3n) is 3.32. The first-order chi connectivity index (χ1) is 10.1. The van der Waals surface area contributed by atoms with Gasteiger partial charge in [0.2, 0.25) is 0 Å². The largest absolute Gasteiger partial charge is 0.497 e. The quantitative estimate of drug-likeness (QED) is 0.731. The van der Waals surface area contributed by atoms with Gasteiger partial charge in [0.15, 0.2) is 0 Å². The number of halogens is 1. The van der Waals surface area contributed by atoms with Crippen LogP contribution in [0.5, 0.6) is 5.75 Å². The summed E-state index contributed by atoms with van der Waals surface area (Å²) in [6.07, 6.45) is 3.53. The molecule has 0 radical (unpaired) electrons. The van der Waals surface area contributed by atoms with Crippen LogP contribution in [0, 0.1) is 6.92 Å². The van der Waals surface area contributed by atoms with Crippen molar-refractivity contribution in [3.8, 4) is 5.75 Å². The fraction of sp³-hybridized carbons (Fsp3) is 0.200. The second kappa shape index (κ2) is 5.37. The summed E-state index contributed by atoms with van der Waals surface area (Å²) in [7, 11) is 1.63. The van der Waals surface area contributed by atoms with Crippen LogP contribution in [0.1, 0.15) is 11.3 Å². The van der Waals surface area contributed by atoms with Gasteiger partial charge in [0.1, 0.15) is 11.3 Å². The zero-order valence-corrected chi connectivity index (χ0v) is 13.3. The number of rotatable bonds is 3. The molecule has 0 atom stereocenters. The molecule has 2 aromatic heterocycles. The van der Waals surface area contributed by atoms with Gasteiger partial charge in [0.05, 0.1) is 19.3 Å². The first-order valence-electron chi connectivity index (χ1n) is 6.46. The second-order valence-electron chi connectivity index (χ2n) is 4.80. The lowest BCUT2D eigenvalue weighted by Gasteiger charge is -2.10. The molecule has 0 unspecified atom stereocenters. The molecule has 108 valence electrons. The van der Waals surface area contributed by atoms with Crippen molar-refractivity contribution in [3.63, 3.8) is 0 Å². The van der Waals surface area contributed by atoms with Crippen molar-refractivity contribution < 1.29 is 4.74 Å². The highest BCUT2D eigenvalue weighted by molar-refractivity contribution is 9.10. The molecule has 0 aliphatic rings. The Morgan fingerprint density at radius 1 is 1.29 bits per heavy atom. The van der Waals surface area contributed by atoms with Gasteiger partial charge in [-0.3, -0.25) is 4.79 Å². The summed E-state index contributed by atoms with van der Waals surface area (Å²) in [5, 5.41) is 4.24. The van der Waals surface area contributed by atoms with E-state index in [1.807, 2.05) is 25.1 Å². The minimum Gasteiger partial charge on any atom is -0.497 e. The van der Waals surface area contributed by atoms with Gasteiger partial charge in [-0.25, -0.2) is 4.52 Å². The fourth-order valence-electron chi connectivity index (χ4n) is 2.26. The molecule has 21 heavy (non-hydrogen) atoms. The number of aromatic nitrogens is 3. The van der Waals surface area contributed by atoms with E-state index >= 15 is 0 Å². The average molecular weight is 348 g/mol. The summed E-state index contributed by atoms with van der Waals surface area (Å²) in [5.41, 5.74) is 2.33. The number of methoxy groups -OCH3 is 1. The highest BCUT2D eigenvalue weighted by Crippen LogP contribution is 2.23. The summed E-state index contributed by atoms with van der Waals surface area (Å²) in [6.45, 7) is 2.34. The number of nitrogens with zero attached hydrogens (tertiary/aromatic N) is 3. The van der Waals surface area contributed by atoms with Gasteiger partial charge < -0.3 is 9.30 Å². The molecule has 3 aromatic rings. The maximum absolute atomic E-state index is 12.5. The van der Waals surface area contributed by atoms with Crippen molar-refractivity contribution in [2.75, 3.05) is 7.11 Å².